The molecule has 1 rings (SSSR count). The minimum Gasteiger partial charge on any atom is -0.461 e. The largest absolute Gasteiger partial charge is 0.461 e. The summed E-state index contributed by atoms with van der Waals surface area (Å²) in [5.74, 6) is -0.457. The van der Waals surface area contributed by atoms with Crippen LogP contribution in [0.25, 0.3) is 0 Å². The van der Waals surface area contributed by atoms with Crippen molar-refractivity contribution in [3.05, 3.63) is 35.9 Å². The molecule has 116 valence electrons. The molecule has 1 aromatic carbocycles. The molecule has 0 amide bonds. The van der Waals surface area contributed by atoms with Crippen LogP contribution in [0, 0.1) is 5.92 Å². The highest BCUT2D eigenvalue weighted by atomic mass is 16.5. The van der Waals surface area contributed by atoms with E-state index < -0.39 is 0 Å². The van der Waals surface area contributed by atoms with Gasteiger partial charge in [0.15, 0.2) is 6.04 Å². The van der Waals surface area contributed by atoms with Gasteiger partial charge in [0.1, 0.15) is 6.61 Å². The van der Waals surface area contributed by atoms with E-state index in [4.69, 9.17) is 9.47 Å². The zero-order valence-corrected chi connectivity index (χ0v) is 12.7. The maximum Gasteiger partial charge on any atom is 0.365 e. The molecule has 0 unspecified atom stereocenters. The van der Waals surface area contributed by atoms with Crippen molar-refractivity contribution in [2.24, 2.45) is 5.92 Å². The monoisotopic (exact) mass is 294 g/mol. The number of carbonyl (C=O) groups is 2. The van der Waals surface area contributed by atoms with E-state index >= 15 is 0 Å². The van der Waals surface area contributed by atoms with Gasteiger partial charge in [-0.2, -0.15) is 0 Å². The summed E-state index contributed by atoms with van der Waals surface area (Å²) in [5, 5.41) is 0. The number of benzene rings is 1. The lowest BCUT2D eigenvalue weighted by molar-refractivity contribution is -0.418. The average molecular weight is 294 g/mol. The van der Waals surface area contributed by atoms with E-state index in [9.17, 15) is 9.59 Å². The summed E-state index contributed by atoms with van der Waals surface area (Å²) in [6, 6.07) is 9.13. The van der Waals surface area contributed by atoms with Crippen LogP contribution < -0.4 is 5.73 Å². The molecule has 0 aliphatic heterocycles. The molecule has 1 atom stereocenters. The number of rotatable bonds is 8. The number of carbonyl (C=O) groups excluding carboxylic acids is 2. The quantitative estimate of drug-likeness (QED) is 0.579. The molecule has 3 N–H and O–H groups in total. The molecule has 0 aromatic heterocycles. The standard InChI is InChI=1S/C16H23NO4/c1-12(2)15(17)16(19)20-10-6-9-14(18)21-11-13-7-4-3-5-8-13/h3-5,7-8,12,15H,6,9-11,17H2,1-2H3/p+1/t15-/m0/s1. The lowest BCUT2D eigenvalue weighted by Gasteiger charge is -2.11. The van der Waals surface area contributed by atoms with Gasteiger partial charge in [0.2, 0.25) is 0 Å². The molecular weight excluding hydrogens is 270 g/mol. The Hall–Kier alpha value is -1.88. The van der Waals surface area contributed by atoms with Crippen LogP contribution in [0.1, 0.15) is 32.3 Å². The molecule has 0 radical (unpaired) electrons. The topological polar surface area (TPSA) is 80.2 Å². The third kappa shape index (κ3) is 6.90. The molecule has 0 spiro atoms. The van der Waals surface area contributed by atoms with Crippen molar-refractivity contribution < 1.29 is 24.8 Å². The van der Waals surface area contributed by atoms with Gasteiger partial charge in [-0.1, -0.05) is 44.2 Å². The predicted molar refractivity (Wildman–Crippen MR) is 77.9 cm³/mol. The van der Waals surface area contributed by atoms with Crippen LogP contribution in [0.4, 0.5) is 0 Å². The second kappa shape index (κ2) is 9.13. The molecule has 0 heterocycles. The summed E-state index contributed by atoms with van der Waals surface area (Å²) < 4.78 is 10.2. The van der Waals surface area contributed by atoms with E-state index in [1.807, 2.05) is 44.2 Å². The number of ether oxygens (including phenoxy) is 2. The van der Waals surface area contributed by atoms with Gasteiger partial charge in [-0.05, 0) is 12.0 Å². The van der Waals surface area contributed by atoms with Gasteiger partial charge < -0.3 is 15.2 Å². The Labute approximate surface area is 125 Å². The van der Waals surface area contributed by atoms with E-state index in [1.165, 1.54) is 0 Å². The van der Waals surface area contributed by atoms with Crippen molar-refractivity contribution in [3.8, 4) is 0 Å². The maximum atomic E-state index is 11.5. The zero-order valence-electron chi connectivity index (χ0n) is 12.7. The first kappa shape index (κ1) is 17.2. The lowest BCUT2D eigenvalue weighted by Crippen LogP contribution is -2.67. The molecule has 5 heteroatoms. The van der Waals surface area contributed by atoms with Crippen LogP contribution in [0.3, 0.4) is 0 Å². The van der Waals surface area contributed by atoms with Crippen molar-refractivity contribution in [2.75, 3.05) is 6.61 Å². The molecule has 5 nitrogen and oxygen atoms in total. The summed E-state index contributed by atoms with van der Waals surface area (Å²) in [6.07, 6.45) is 0.702. The number of hydrogen-bond acceptors (Lipinski definition) is 4. The van der Waals surface area contributed by atoms with E-state index in [2.05, 4.69) is 5.73 Å². The van der Waals surface area contributed by atoms with Gasteiger partial charge in [-0.25, -0.2) is 4.79 Å². The first-order valence-electron chi connectivity index (χ1n) is 7.20. The van der Waals surface area contributed by atoms with Crippen molar-refractivity contribution in [1.82, 2.24) is 0 Å². The van der Waals surface area contributed by atoms with Crippen molar-refractivity contribution >= 4 is 11.9 Å². The van der Waals surface area contributed by atoms with E-state index in [-0.39, 0.29) is 43.5 Å². The molecule has 1 aromatic rings. The van der Waals surface area contributed by atoms with Gasteiger partial charge >= 0.3 is 11.9 Å². The molecule has 0 saturated heterocycles. The van der Waals surface area contributed by atoms with Crippen LogP contribution in [0.15, 0.2) is 30.3 Å². The second-order valence-electron chi connectivity index (χ2n) is 5.27. The molecule has 0 saturated carbocycles. The molecule has 0 fully saturated rings. The van der Waals surface area contributed by atoms with Crippen LogP contribution in [0.2, 0.25) is 0 Å². The van der Waals surface area contributed by atoms with Gasteiger partial charge in [-0.3, -0.25) is 4.79 Å². The average Bonchev–Trinajstić information content (AvgIpc) is 2.49. The van der Waals surface area contributed by atoms with E-state index in [0.717, 1.165) is 5.56 Å². The fraction of sp³-hybridized carbons (Fsp3) is 0.500. The summed E-state index contributed by atoms with van der Waals surface area (Å²) in [5.41, 5.74) is 4.70. The van der Waals surface area contributed by atoms with Gasteiger partial charge in [0, 0.05) is 12.3 Å². The lowest BCUT2D eigenvalue weighted by atomic mass is 10.1. The Kier molecular flexibility index (Phi) is 7.46. The predicted octanol–water partition coefficient (Wildman–Crippen LogP) is 1.32. The highest BCUT2D eigenvalue weighted by molar-refractivity contribution is 5.74. The third-order valence-electron chi connectivity index (χ3n) is 3.12. The summed E-state index contributed by atoms with van der Waals surface area (Å²) in [4.78, 5) is 23.1. The van der Waals surface area contributed by atoms with Crippen molar-refractivity contribution in [2.45, 2.75) is 39.3 Å². The minimum atomic E-state index is -0.366. The highest BCUT2D eigenvalue weighted by Crippen LogP contribution is 2.04. The minimum absolute atomic E-state index is 0.147. The van der Waals surface area contributed by atoms with E-state index in [0.29, 0.717) is 6.42 Å². The van der Waals surface area contributed by atoms with Crippen molar-refractivity contribution in [3.63, 3.8) is 0 Å². The van der Waals surface area contributed by atoms with Gasteiger partial charge in [0.25, 0.3) is 0 Å². The van der Waals surface area contributed by atoms with Crippen molar-refractivity contribution in [1.29, 1.82) is 0 Å². The second-order valence-corrected chi connectivity index (χ2v) is 5.27. The smallest absolute Gasteiger partial charge is 0.365 e. The Morgan fingerprint density at radius 3 is 2.43 bits per heavy atom. The summed E-state index contributed by atoms with van der Waals surface area (Å²) in [7, 11) is 0. The Morgan fingerprint density at radius 1 is 1.14 bits per heavy atom. The van der Waals surface area contributed by atoms with Crippen LogP contribution in [-0.2, 0) is 25.7 Å². The SMILES string of the molecule is CC(C)[C@H]([NH3+])C(=O)OCCCC(=O)OCc1ccccc1. The van der Waals surface area contributed by atoms with E-state index in [1.54, 1.807) is 0 Å². The normalized spacial score (nSPS) is 12.0. The highest BCUT2D eigenvalue weighted by Gasteiger charge is 2.22. The van der Waals surface area contributed by atoms with Gasteiger partial charge in [0.05, 0.1) is 6.61 Å². The zero-order chi connectivity index (χ0) is 15.7. The fourth-order valence-corrected chi connectivity index (χ4v) is 1.58. The number of hydrogen-bond donors (Lipinski definition) is 1. The Morgan fingerprint density at radius 2 is 1.81 bits per heavy atom. The van der Waals surface area contributed by atoms with Crippen LogP contribution in [-0.4, -0.2) is 24.6 Å². The Bertz CT molecular complexity index is 445. The first-order valence-corrected chi connectivity index (χ1v) is 7.20. The summed E-state index contributed by atoms with van der Waals surface area (Å²) in [6.45, 7) is 4.32. The maximum absolute atomic E-state index is 11.5. The molecule has 0 bridgehead atoms. The molecular formula is C16H24NO4+. The summed E-state index contributed by atoms with van der Waals surface area (Å²) >= 11 is 0. The molecule has 0 aliphatic rings. The van der Waals surface area contributed by atoms with Crippen LogP contribution >= 0.6 is 0 Å². The fourth-order valence-electron chi connectivity index (χ4n) is 1.58. The number of esters is 2. The third-order valence-corrected chi connectivity index (χ3v) is 3.12. The van der Waals surface area contributed by atoms with Crippen LogP contribution in [0.5, 0.6) is 0 Å². The Balaban J connectivity index is 2.12. The molecule has 21 heavy (non-hydrogen) atoms. The first-order chi connectivity index (χ1) is 10.0. The molecule has 0 aliphatic carbocycles. The number of quaternary nitrogens is 1. The van der Waals surface area contributed by atoms with Gasteiger partial charge in [-0.15, -0.1) is 0 Å².